The lowest BCUT2D eigenvalue weighted by Gasteiger charge is -2.39. The highest BCUT2D eigenvalue weighted by Crippen LogP contribution is 2.52. The number of nitrogens with zero attached hydrogens (tertiary/aromatic N) is 1. The van der Waals surface area contributed by atoms with Crippen LogP contribution in [-0.2, 0) is 9.53 Å². The van der Waals surface area contributed by atoms with Gasteiger partial charge in [-0.2, -0.15) is 0 Å². The standard InChI is InChI=1S/C16H28N2O2.ClH/c1-15(2)6-11-7-16(3,9-15)10-18(11)14(19)13-5-4-12(8-17)20-13;/h11-13H,4-10,17H2,1-3H3;1H/t11?,12-,13+,16?;/m1./s1. The van der Waals surface area contributed by atoms with Crippen LogP contribution in [0, 0.1) is 10.8 Å². The van der Waals surface area contributed by atoms with Crippen molar-refractivity contribution in [3.8, 4) is 0 Å². The molecule has 2 unspecified atom stereocenters. The Bertz CT molecular complexity index is 415. The molecule has 3 rings (SSSR count). The van der Waals surface area contributed by atoms with Gasteiger partial charge >= 0.3 is 0 Å². The molecule has 0 radical (unpaired) electrons. The number of likely N-dealkylation sites (tertiary alicyclic amines) is 1. The van der Waals surface area contributed by atoms with E-state index in [-0.39, 0.29) is 30.5 Å². The van der Waals surface area contributed by atoms with Gasteiger partial charge in [-0.1, -0.05) is 20.8 Å². The number of rotatable bonds is 2. The van der Waals surface area contributed by atoms with E-state index in [1.165, 1.54) is 6.42 Å². The van der Waals surface area contributed by atoms with Crippen LogP contribution in [0.15, 0.2) is 0 Å². The number of carbonyl (C=O) groups is 1. The molecule has 0 aromatic carbocycles. The number of hydrogen-bond donors (Lipinski definition) is 1. The minimum Gasteiger partial charge on any atom is -0.364 e. The van der Waals surface area contributed by atoms with Crippen LogP contribution < -0.4 is 5.73 Å². The van der Waals surface area contributed by atoms with Gasteiger partial charge in [0.2, 0.25) is 0 Å². The molecule has 4 atom stereocenters. The Balaban J connectivity index is 0.00000161. The molecule has 122 valence electrons. The Morgan fingerprint density at radius 3 is 2.62 bits per heavy atom. The predicted molar refractivity (Wildman–Crippen MR) is 85.4 cm³/mol. The second kappa shape index (κ2) is 5.71. The van der Waals surface area contributed by atoms with Crippen LogP contribution in [0.3, 0.4) is 0 Å². The minimum atomic E-state index is -0.241. The van der Waals surface area contributed by atoms with Gasteiger partial charge in [0, 0.05) is 19.1 Å². The Morgan fingerprint density at radius 2 is 2.00 bits per heavy atom. The van der Waals surface area contributed by atoms with Crippen LogP contribution in [0.25, 0.3) is 0 Å². The lowest BCUT2D eigenvalue weighted by molar-refractivity contribution is -0.144. The normalized spacial score (nSPS) is 41.0. The van der Waals surface area contributed by atoms with Crippen LogP contribution in [0.4, 0.5) is 0 Å². The van der Waals surface area contributed by atoms with E-state index >= 15 is 0 Å². The van der Waals surface area contributed by atoms with Gasteiger partial charge in [-0.3, -0.25) is 4.79 Å². The van der Waals surface area contributed by atoms with Crippen LogP contribution >= 0.6 is 12.4 Å². The molecule has 1 saturated carbocycles. The molecule has 21 heavy (non-hydrogen) atoms. The SMILES string of the molecule is CC1(C)CC2CC(C)(CN2C(=O)[C@@H]2CC[C@H](CN)O2)C1.Cl. The van der Waals surface area contributed by atoms with Crippen molar-refractivity contribution < 1.29 is 9.53 Å². The third-order valence-corrected chi connectivity index (χ3v) is 5.34. The van der Waals surface area contributed by atoms with Crippen molar-refractivity contribution in [2.24, 2.45) is 16.6 Å². The maximum atomic E-state index is 12.8. The number of nitrogens with two attached hydrogens (primary N) is 1. The molecule has 3 fully saturated rings. The molecule has 0 aromatic rings. The van der Waals surface area contributed by atoms with Crippen molar-refractivity contribution in [2.75, 3.05) is 13.1 Å². The Morgan fingerprint density at radius 1 is 1.29 bits per heavy atom. The highest BCUT2D eigenvalue weighted by molar-refractivity contribution is 5.85. The molecular weight excluding hydrogens is 288 g/mol. The van der Waals surface area contributed by atoms with Crippen molar-refractivity contribution in [3.63, 3.8) is 0 Å². The zero-order valence-corrected chi connectivity index (χ0v) is 14.2. The Hall–Kier alpha value is -0.320. The number of fused-ring (bicyclic) bond motifs is 2. The van der Waals surface area contributed by atoms with E-state index in [1.807, 2.05) is 0 Å². The van der Waals surface area contributed by atoms with Crippen molar-refractivity contribution in [1.82, 2.24) is 4.90 Å². The molecule has 5 heteroatoms. The molecule has 2 aliphatic heterocycles. The van der Waals surface area contributed by atoms with E-state index < -0.39 is 0 Å². The molecule has 2 N–H and O–H groups in total. The quantitative estimate of drug-likeness (QED) is 0.850. The summed E-state index contributed by atoms with van der Waals surface area (Å²) in [4.78, 5) is 14.9. The third kappa shape index (κ3) is 3.22. The van der Waals surface area contributed by atoms with Gasteiger partial charge in [0.25, 0.3) is 5.91 Å². The van der Waals surface area contributed by atoms with Crippen molar-refractivity contribution >= 4 is 18.3 Å². The van der Waals surface area contributed by atoms with Gasteiger partial charge in [0.05, 0.1) is 6.10 Å². The number of hydrogen-bond acceptors (Lipinski definition) is 3. The first kappa shape index (κ1) is 17.0. The number of halogens is 1. The molecule has 3 aliphatic rings. The molecule has 2 saturated heterocycles. The van der Waals surface area contributed by atoms with E-state index in [9.17, 15) is 4.79 Å². The largest absolute Gasteiger partial charge is 0.364 e. The molecule has 4 nitrogen and oxygen atoms in total. The maximum absolute atomic E-state index is 12.8. The highest BCUT2D eigenvalue weighted by Gasteiger charge is 2.52. The molecule has 2 heterocycles. The van der Waals surface area contributed by atoms with Crippen LogP contribution in [0.5, 0.6) is 0 Å². The van der Waals surface area contributed by atoms with Gasteiger partial charge in [-0.25, -0.2) is 0 Å². The Labute approximate surface area is 134 Å². The summed E-state index contributed by atoms with van der Waals surface area (Å²) in [6.45, 7) is 8.45. The van der Waals surface area contributed by atoms with Gasteiger partial charge in [-0.05, 0) is 42.9 Å². The average Bonchev–Trinajstić information content (AvgIpc) is 2.89. The minimum absolute atomic E-state index is 0. The summed E-state index contributed by atoms with van der Waals surface area (Å²) in [6, 6.07) is 0.414. The second-order valence-corrected chi connectivity index (χ2v) is 8.24. The molecule has 2 bridgehead atoms. The summed E-state index contributed by atoms with van der Waals surface area (Å²) in [5.74, 6) is 0.215. The van der Waals surface area contributed by atoms with Gasteiger partial charge in [0.1, 0.15) is 6.10 Å². The van der Waals surface area contributed by atoms with E-state index in [1.54, 1.807) is 0 Å². The zero-order valence-electron chi connectivity index (χ0n) is 13.4. The average molecular weight is 317 g/mol. The summed E-state index contributed by atoms with van der Waals surface area (Å²) in [7, 11) is 0. The number of amides is 1. The molecule has 0 spiro atoms. The summed E-state index contributed by atoms with van der Waals surface area (Å²) >= 11 is 0. The zero-order chi connectivity index (χ0) is 14.5. The van der Waals surface area contributed by atoms with Crippen molar-refractivity contribution in [1.29, 1.82) is 0 Å². The van der Waals surface area contributed by atoms with E-state index in [0.29, 0.717) is 23.4 Å². The lowest BCUT2D eigenvalue weighted by Crippen LogP contribution is -2.43. The third-order valence-electron chi connectivity index (χ3n) is 5.34. The number of carbonyl (C=O) groups excluding carboxylic acids is 1. The fourth-order valence-corrected chi connectivity index (χ4v) is 4.96. The molecular formula is C16H29ClN2O2. The maximum Gasteiger partial charge on any atom is 0.251 e. The summed E-state index contributed by atoms with van der Waals surface area (Å²) < 4.78 is 5.80. The molecule has 0 aromatic heterocycles. The fourth-order valence-electron chi connectivity index (χ4n) is 4.96. The van der Waals surface area contributed by atoms with Crippen molar-refractivity contribution in [3.05, 3.63) is 0 Å². The summed E-state index contributed by atoms with van der Waals surface area (Å²) in [6.07, 6.45) is 5.11. The molecule has 1 amide bonds. The van der Waals surface area contributed by atoms with Crippen LogP contribution in [0.1, 0.15) is 52.9 Å². The van der Waals surface area contributed by atoms with Gasteiger partial charge in [0.15, 0.2) is 0 Å². The lowest BCUT2D eigenvalue weighted by atomic mass is 9.65. The van der Waals surface area contributed by atoms with Crippen molar-refractivity contribution in [2.45, 2.75) is 71.1 Å². The first-order valence-corrected chi connectivity index (χ1v) is 7.98. The smallest absolute Gasteiger partial charge is 0.251 e. The van der Waals surface area contributed by atoms with Gasteiger partial charge in [-0.15, -0.1) is 12.4 Å². The highest BCUT2D eigenvalue weighted by atomic mass is 35.5. The summed E-state index contributed by atoms with van der Waals surface area (Å²) in [5, 5.41) is 0. The van der Waals surface area contributed by atoms with E-state index in [0.717, 1.165) is 32.2 Å². The van der Waals surface area contributed by atoms with Crippen LogP contribution in [-0.4, -0.2) is 42.1 Å². The van der Waals surface area contributed by atoms with E-state index in [4.69, 9.17) is 10.5 Å². The molecule has 1 aliphatic carbocycles. The first-order chi connectivity index (χ1) is 9.32. The van der Waals surface area contributed by atoms with Crippen LogP contribution in [0.2, 0.25) is 0 Å². The number of ether oxygens (including phenoxy) is 1. The first-order valence-electron chi connectivity index (χ1n) is 7.98. The summed E-state index contributed by atoms with van der Waals surface area (Å²) in [5.41, 5.74) is 6.29. The second-order valence-electron chi connectivity index (χ2n) is 8.24. The topological polar surface area (TPSA) is 55.6 Å². The fraction of sp³-hybridized carbons (Fsp3) is 0.938. The predicted octanol–water partition coefficient (Wildman–Crippen LogP) is 2.34. The monoisotopic (exact) mass is 316 g/mol. The Kier molecular flexibility index (Phi) is 4.63. The van der Waals surface area contributed by atoms with E-state index in [2.05, 4.69) is 25.7 Å². The van der Waals surface area contributed by atoms with Gasteiger partial charge < -0.3 is 15.4 Å².